The predicted octanol–water partition coefficient (Wildman–Crippen LogP) is 3.78. The van der Waals surface area contributed by atoms with Gasteiger partial charge < -0.3 is 10.2 Å². The Labute approximate surface area is 162 Å². The number of hydrogen-bond acceptors (Lipinski definition) is 5. The summed E-state index contributed by atoms with van der Waals surface area (Å²) >= 11 is 1.42. The molecule has 27 heavy (non-hydrogen) atoms. The molecule has 0 bridgehead atoms. The molecule has 2 heterocycles. The average molecular weight is 379 g/mol. The average Bonchev–Trinajstić information content (AvgIpc) is 3.26. The van der Waals surface area contributed by atoms with E-state index in [0.717, 1.165) is 46.7 Å². The van der Waals surface area contributed by atoms with E-state index in [0.29, 0.717) is 5.75 Å². The molecule has 1 N–H and O–H groups in total. The highest BCUT2D eigenvalue weighted by Crippen LogP contribution is 2.31. The topological polar surface area (TPSA) is 63.1 Å². The van der Waals surface area contributed by atoms with E-state index in [2.05, 4.69) is 37.1 Å². The Balaban J connectivity index is 1.42. The lowest BCUT2D eigenvalue weighted by molar-refractivity contribution is -0.113. The number of nitrogens with zero attached hydrogens (tertiary/aromatic N) is 4. The molecule has 1 aliphatic rings. The van der Waals surface area contributed by atoms with Crippen LogP contribution in [0.4, 0.5) is 17.3 Å². The number of rotatable bonds is 5. The van der Waals surface area contributed by atoms with Gasteiger partial charge in [0.05, 0.1) is 5.75 Å². The van der Waals surface area contributed by atoms with Gasteiger partial charge in [0, 0.05) is 24.5 Å². The minimum Gasteiger partial charge on any atom is -0.325 e. The van der Waals surface area contributed by atoms with Crippen molar-refractivity contribution in [3.05, 3.63) is 59.7 Å². The molecular formula is C20H21N5OS. The molecule has 0 saturated carbocycles. The van der Waals surface area contributed by atoms with Crippen molar-refractivity contribution in [1.82, 2.24) is 14.8 Å². The summed E-state index contributed by atoms with van der Waals surface area (Å²) < 4.78 is 2.07. The van der Waals surface area contributed by atoms with Crippen LogP contribution in [0.15, 0.2) is 53.7 Å². The van der Waals surface area contributed by atoms with Gasteiger partial charge in [-0.3, -0.25) is 9.36 Å². The van der Waals surface area contributed by atoms with Gasteiger partial charge in [-0.05, 0) is 43.2 Å². The molecule has 0 aliphatic carbocycles. The second kappa shape index (κ2) is 7.44. The zero-order valence-corrected chi connectivity index (χ0v) is 16.2. The van der Waals surface area contributed by atoms with Gasteiger partial charge in [0.15, 0.2) is 5.16 Å². The van der Waals surface area contributed by atoms with E-state index < -0.39 is 0 Å². The number of aromatic nitrogens is 3. The summed E-state index contributed by atoms with van der Waals surface area (Å²) in [5.74, 6) is 1.10. The van der Waals surface area contributed by atoms with Crippen molar-refractivity contribution in [2.75, 3.05) is 22.5 Å². The monoisotopic (exact) mass is 379 g/mol. The fourth-order valence-electron chi connectivity index (χ4n) is 3.12. The summed E-state index contributed by atoms with van der Waals surface area (Å²) in [6.07, 6.45) is 0. The number of hydrogen-bond donors (Lipinski definition) is 1. The van der Waals surface area contributed by atoms with Crippen LogP contribution in [-0.4, -0.2) is 33.0 Å². The van der Waals surface area contributed by atoms with Gasteiger partial charge in [0.1, 0.15) is 0 Å². The van der Waals surface area contributed by atoms with Crippen LogP contribution in [-0.2, 0) is 11.3 Å². The lowest BCUT2D eigenvalue weighted by atomic mass is 10.1. The number of carbonyl (C=O) groups excluding carboxylic acids is 1. The quantitative estimate of drug-likeness (QED) is 0.684. The van der Waals surface area contributed by atoms with Gasteiger partial charge in [0.2, 0.25) is 11.9 Å². The molecule has 1 aromatic heterocycles. The number of anilines is 3. The van der Waals surface area contributed by atoms with Crippen molar-refractivity contribution in [3.63, 3.8) is 0 Å². The summed E-state index contributed by atoms with van der Waals surface area (Å²) in [5.41, 5.74) is 4.15. The minimum atomic E-state index is -0.0380. The molecule has 4 rings (SSSR count). The maximum atomic E-state index is 12.4. The number of carbonyl (C=O) groups is 1. The molecule has 1 amide bonds. The van der Waals surface area contributed by atoms with Gasteiger partial charge in [-0.2, -0.15) is 0 Å². The van der Waals surface area contributed by atoms with Crippen molar-refractivity contribution in [2.45, 2.75) is 25.5 Å². The molecule has 0 radical (unpaired) electrons. The summed E-state index contributed by atoms with van der Waals surface area (Å²) in [5, 5.41) is 12.4. The number of nitrogens with one attached hydrogen (secondary N) is 1. The Morgan fingerprint density at radius 2 is 1.93 bits per heavy atom. The van der Waals surface area contributed by atoms with Gasteiger partial charge in [-0.1, -0.05) is 42.1 Å². The third-order valence-corrected chi connectivity index (χ3v) is 5.52. The van der Waals surface area contributed by atoms with Crippen molar-refractivity contribution < 1.29 is 4.79 Å². The largest absolute Gasteiger partial charge is 0.325 e. The highest BCUT2D eigenvalue weighted by atomic mass is 32.2. The van der Waals surface area contributed by atoms with E-state index in [1.54, 1.807) is 0 Å². The second-order valence-corrected chi connectivity index (χ2v) is 7.52. The maximum Gasteiger partial charge on any atom is 0.234 e. The molecule has 1 aliphatic heterocycles. The van der Waals surface area contributed by atoms with Crippen LogP contribution >= 0.6 is 11.8 Å². The van der Waals surface area contributed by atoms with Gasteiger partial charge >= 0.3 is 0 Å². The third-order valence-electron chi connectivity index (χ3n) is 4.55. The number of benzene rings is 2. The maximum absolute atomic E-state index is 12.4. The van der Waals surface area contributed by atoms with E-state index in [4.69, 9.17) is 0 Å². The number of fused-ring (bicyclic) bond motifs is 1. The van der Waals surface area contributed by atoms with Crippen molar-refractivity contribution >= 4 is 35.0 Å². The van der Waals surface area contributed by atoms with Gasteiger partial charge in [0.25, 0.3) is 0 Å². The number of amides is 1. The Morgan fingerprint density at radius 1 is 1.11 bits per heavy atom. The first-order valence-electron chi connectivity index (χ1n) is 8.87. The molecule has 0 atom stereocenters. The van der Waals surface area contributed by atoms with E-state index >= 15 is 0 Å². The molecule has 0 fully saturated rings. The molecule has 2 aromatic carbocycles. The molecule has 3 aromatic rings. The number of para-hydroxylation sites is 1. The van der Waals surface area contributed by atoms with Crippen LogP contribution in [0, 0.1) is 13.8 Å². The Morgan fingerprint density at radius 3 is 2.74 bits per heavy atom. The lowest BCUT2D eigenvalue weighted by Gasteiger charge is -2.14. The van der Waals surface area contributed by atoms with Crippen LogP contribution < -0.4 is 10.2 Å². The Kier molecular flexibility index (Phi) is 4.85. The second-order valence-electron chi connectivity index (χ2n) is 6.58. The normalized spacial score (nSPS) is 12.9. The van der Waals surface area contributed by atoms with Crippen LogP contribution in [0.5, 0.6) is 0 Å². The smallest absolute Gasteiger partial charge is 0.234 e. The molecule has 0 saturated heterocycles. The van der Waals surface area contributed by atoms with Crippen LogP contribution in [0.25, 0.3) is 0 Å². The molecule has 0 spiro atoms. The van der Waals surface area contributed by atoms with Crippen molar-refractivity contribution in [3.8, 4) is 0 Å². The van der Waals surface area contributed by atoms with E-state index in [1.807, 2.05) is 50.2 Å². The SMILES string of the molecule is Cc1ccc(C)c(NC(=O)CSc2nnc3n2CCN3c2ccccc2)c1. The molecule has 0 unspecified atom stereocenters. The molecule has 6 nitrogen and oxygen atoms in total. The van der Waals surface area contributed by atoms with Crippen LogP contribution in [0.2, 0.25) is 0 Å². The van der Waals surface area contributed by atoms with Crippen molar-refractivity contribution in [2.24, 2.45) is 0 Å². The summed E-state index contributed by atoms with van der Waals surface area (Å²) in [4.78, 5) is 14.5. The van der Waals surface area contributed by atoms with Crippen LogP contribution in [0.1, 0.15) is 11.1 Å². The zero-order chi connectivity index (χ0) is 18.8. The minimum absolute atomic E-state index is 0.0380. The first-order valence-corrected chi connectivity index (χ1v) is 9.86. The third kappa shape index (κ3) is 3.68. The first kappa shape index (κ1) is 17.6. The predicted molar refractivity (Wildman–Crippen MR) is 109 cm³/mol. The zero-order valence-electron chi connectivity index (χ0n) is 15.3. The molecular weight excluding hydrogens is 358 g/mol. The Bertz CT molecular complexity index is 970. The van der Waals surface area contributed by atoms with E-state index in [1.165, 1.54) is 11.8 Å². The van der Waals surface area contributed by atoms with Crippen molar-refractivity contribution in [1.29, 1.82) is 0 Å². The highest BCUT2D eigenvalue weighted by molar-refractivity contribution is 7.99. The number of thioether (sulfide) groups is 1. The molecule has 138 valence electrons. The lowest BCUT2D eigenvalue weighted by Crippen LogP contribution is -2.15. The van der Waals surface area contributed by atoms with E-state index in [-0.39, 0.29) is 5.91 Å². The Hall–Kier alpha value is -2.80. The van der Waals surface area contributed by atoms with Gasteiger partial charge in [-0.15, -0.1) is 10.2 Å². The first-order chi connectivity index (χ1) is 13.1. The fraction of sp³-hybridized carbons (Fsp3) is 0.250. The molecule has 7 heteroatoms. The number of aryl methyl sites for hydroxylation is 2. The highest BCUT2D eigenvalue weighted by Gasteiger charge is 2.26. The summed E-state index contributed by atoms with van der Waals surface area (Å²) in [7, 11) is 0. The summed E-state index contributed by atoms with van der Waals surface area (Å²) in [6.45, 7) is 5.68. The fourth-order valence-corrected chi connectivity index (χ4v) is 3.88. The summed E-state index contributed by atoms with van der Waals surface area (Å²) in [6, 6.07) is 16.2. The van der Waals surface area contributed by atoms with Crippen LogP contribution in [0.3, 0.4) is 0 Å². The van der Waals surface area contributed by atoms with Gasteiger partial charge in [-0.25, -0.2) is 0 Å². The van der Waals surface area contributed by atoms with E-state index in [9.17, 15) is 4.79 Å². The standard InChI is InChI=1S/C20H21N5OS/c1-14-8-9-15(2)17(12-14)21-18(26)13-27-20-23-22-19-24(10-11-25(19)20)16-6-4-3-5-7-16/h3-9,12H,10-11,13H2,1-2H3,(H,21,26).